The average molecular weight is 272 g/mol. The lowest BCUT2D eigenvalue weighted by Gasteiger charge is -2.17. The van der Waals surface area contributed by atoms with Gasteiger partial charge in [-0.05, 0) is 29.5 Å². The maximum absolute atomic E-state index is 3.61. The fraction of sp³-hybridized carbons (Fsp3) is 0.375. The second kappa shape index (κ2) is 5.87. The zero-order chi connectivity index (χ0) is 13.1. The summed E-state index contributed by atoms with van der Waals surface area (Å²) in [6, 6.07) is 13.6. The van der Waals surface area contributed by atoms with E-state index in [0.717, 1.165) is 26.2 Å². The molecule has 0 fully saturated rings. The molecular formula is C16H20N2S. The molecule has 19 heavy (non-hydrogen) atoms. The van der Waals surface area contributed by atoms with Crippen molar-refractivity contribution >= 4 is 11.3 Å². The predicted molar refractivity (Wildman–Crippen MR) is 81.3 cm³/mol. The van der Waals surface area contributed by atoms with Crippen molar-refractivity contribution in [2.24, 2.45) is 0 Å². The molecule has 0 saturated heterocycles. The van der Waals surface area contributed by atoms with Crippen molar-refractivity contribution in [2.45, 2.75) is 26.1 Å². The van der Waals surface area contributed by atoms with Crippen molar-refractivity contribution in [3.05, 3.63) is 57.8 Å². The third kappa shape index (κ3) is 3.06. The van der Waals surface area contributed by atoms with Gasteiger partial charge in [-0.3, -0.25) is 4.90 Å². The Morgan fingerprint density at radius 2 is 1.89 bits per heavy atom. The summed E-state index contributed by atoms with van der Waals surface area (Å²) in [6.07, 6.45) is 0. The van der Waals surface area contributed by atoms with Gasteiger partial charge < -0.3 is 5.32 Å². The Morgan fingerprint density at radius 1 is 1.16 bits per heavy atom. The highest BCUT2D eigenvalue weighted by molar-refractivity contribution is 7.10. The van der Waals surface area contributed by atoms with E-state index in [2.05, 4.69) is 58.9 Å². The first-order chi connectivity index (χ1) is 9.33. The highest BCUT2D eigenvalue weighted by atomic mass is 32.1. The fourth-order valence-electron chi connectivity index (χ4n) is 2.64. The van der Waals surface area contributed by atoms with Gasteiger partial charge in [0.05, 0.1) is 0 Å². The molecule has 0 saturated carbocycles. The average Bonchev–Trinajstić information content (AvgIpc) is 3.07. The summed E-state index contributed by atoms with van der Waals surface area (Å²) >= 11 is 1.83. The quantitative estimate of drug-likeness (QED) is 0.897. The first-order valence-corrected chi connectivity index (χ1v) is 7.77. The molecule has 100 valence electrons. The van der Waals surface area contributed by atoms with E-state index in [1.807, 2.05) is 11.3 Å². The minimum Gasteiger partial charge on any atom is -0.308 e. The summed E-state index contributed by atoms with van der Waals surface area (Å²) in [4.78, 5) is 3.93. The molecule has 0 bridgehead atoms. The van der Waals surface area contributed by atoms with Crippen LogP contribution in [-0.2, 0) is 13.1 Å². The predicted octanol–water partition coefficient (Wildman–Crippen LogP) is 3.41. The van der Waals surface area contributed by atoms with Crippen molar-refractivity contribution in [1.29, 1.82) is 0 Å². The number of hydrogen-bond donors (Lipinski definition) is 1. The summed E-state index contributed by atoms with van der Waals surface area (Å²) in [5.74, 6) is 0. The van der Waals surface area contributed by atoms with Crippen LogP contribution in [0.15, 0.2) is 41.8 Å². The van der Waals surface area contributed by atoms with Crippen molar-refractivity contribution in [1.82, 2.24) is 10.2 Å². The smallest absolute Gasteiger partial charge is 0.0386 e. The summed E-state index contributed by atoms with van der Waals surface area (Å²) in [5, 5.41) is 5.75. The van der Waals surface area contributed by atoms with E-state index < -0.39 is 0 Å². The maximum atomic E-state index is 3.61. The van der Waals surface area contributed by atoms with Gasteiger partial charge in [0.25, 0.3) is 0 Å². The van der Waals surface area contributed by atoms with Crippen LogP contribution in [0.2, 0.25) is 0 Å². The third-order valence-electron chi connectivity index (χ3n) is 3.75. The van der Waals surface area contributed by atoms with E-state index in [4.69, 9.17) is 0 Å². The van der Waals surface area contributed by atoms with Crippen LogP contribution in [0, 0.1) is 0 Å². The Balaban J connectivity index is 1.45. The Morgan fingerprint density at radius 3 is 2.53 bits per heavy atom. The Kier molecular flexibility index (Phi) is 3.97. The van der Waals surface area contributed by atoms with Crippen LogP contribution in [0.1, 0.15) is 29.0 Å². The molecule has 3 rings (SSSR count). The molecular weight excluding hydrogens is 252 g/mol. The van der Waals surface area contributed by atoms with Gasteiger partial charge in [0.15, 0.2) is 0 Å². The number of hydrogen-bond acceptors (Lipinski definition) is 3. The van der Waals surface area contributed by atoms with Crippen LogP contribution < -0.4 is 5.32 Å². The fourth-order valence-corrected chi connectivity index (χ4v) is 3.40. The van der Waals surface area contributed by atoms with Crippen LogP contribution in [-0.4, -0.2) is 18.0 Å². The minimum atomic E-state index is 0.463. The summed E-state index contributed by atoms with van der Waals surface area (Å²) < 4.78 is 0. The number of benzene rings is 1. The van der Waals surface area contributed by atoms with E-state index in [1.165, 1.54) is 16.0 Å². The van der Waals surface area contributed by atoms with Gasteiger partial charge >= 0.3 is 0 Å². The Hall–Kier alpha value is -1.16. The minimum absolute atomic E-state index is 0.463. The van der Waals surface area contributed by atoms with Gasteiger partial charge in [-0.15, -0.1) is 11.3 Å². The molecule has 0 radical (unpaired) electrons. The van der Waals surface area contributed by atoms with E-state index in [-0.39, 0.29) is 0 Å². The number of fused-ring (bicyclic) bond motifs is 1. The SMILES string of the molecule is CC(NCCN1Cc2ccccc2C1)c1cccs1. The molecule has 1 aromatic heterocycles. The van der Waals surface area contributed by atoms with Crippen LogP contribution in [0.5, 0.6) is 0 Å². The number of nitrogens with one attached hydrogen (secondary N) is 1. The van der Waals surface area contributed by atoms with Crippen LogP contribution in [0.25, 0.3) is 0 Å². The third-order valence-corrected chi connectivity index (χ3v) is 4.81. The molecule has 1 aliphatic heterocycles. The number of rotatable bonds is 5. The lowest BCUT2D eigenvalue weighted by atomic mass is 10.1. The Labute approximate surface area is 119 Å². The van der Waals surface area contributed by atoms with Crippen LogP contribution in [0.4, 0.5) is 0 Å². The number of thiophene rings is 1. The second-order valence-electron chi connectivity index (χ2n) is 5.17. The number of nitrogens with zero attached hydrogens (tertiary/aromatic N) is 1. The monoisotopic (exact) mass is 272 g/mol. The standard InChI is InChI=1S/C16H20N2S/c1-13(16-7-4-10-19-16)17-8-9-18-11-14-5-2-3-6-15(14)12-18/h2-7,10,13,17H,8-9,11-12H2,1H3. The molecule has 1 aliphatic rings. The molecule has 1 aromatic carbocycles. The second-order valence-corrected chi connectivity index (χ2v) is 6.15. The molecule has 1 unspecified atom stereocenters. The van der Waals surface area contributed by atoms with E-state index in [9.17, 15) is 0 Å². The van der Waals surface area contributed by atoms with E-state index in [0.29, 0.717) is 6.04 Å². The van der Waals surface area contributed by atoms with E-state index in [1.54, 1.807) is 0 Å². The zero-order valence-corrected chi connectivity index (χ0v) is 12.1. The van der Waals surface area contributed by atoms with Crippen LogP contribution >= 0.6 is 11.3 Å². The molecule has 2 aromatic rings. The molecule has 1 atom stereocenters. The van der Waals surface area contributed by atoms with Gasteiger partial charge in [-0.2, -0.15) is 0 Å². The lowest BCUT2D eigenvalue weighted by Crippen LogP contribution is -2.29. The molecule has 2 heterocycles. The van der Waals surface area contributed by atoms with Gasteiger partial charge in [0.2, 0.25) is 0 Å². The molecule has 0 amide bonds. The summed E-state index contributed by atoms with van der Waals surface area (Å²) in [5.41, 5.74) is 2.99. The molecule has 3 heteroatoms. The van der Waals surface area contributed by atoms with Gasteiger partial charge in [-0.1, -0.05) is 30.3 Å². The van der Waals surface area contributed by atoms with E-state index >= 15 is 0 Å². The lowest BCUT2D eigenvalue weighted by molar-refractivity contribution is 0.279. The summed E-state index contributed by atoms with van der Waals surface area (Å²) in [7, 11) is 0. The molecule has 0 spiro atoms. The maximum Gasteiger partial charge on any atom is 0.0386 e. The largest absolute Gasteiger partial charge is 0.308 e. The first kappa shape index (κ1) is 12.9. The van der Waals surface area contributed by atoms with Gasteiger partial charge in [0, 0.05) is 37.1 Å². The zero-order valence-electron chi connectivity index (χ0n) is 11.3. The van der Waals surface area contributed by atoms with Crippen molar-refractivity contribution < 1.29 is 0 Å². The molecule has 1 N–H and O–H groups in total. The molecule has 2 nitrogen and oxygen atoms in total. The highest BCUT2D eigenvalue weighted by Crippen LogP contribution is 2.22. The van der Waals surface area contributed by atoms with Gasteiger partial charge in [-0.25, -0.2) is 0 Å². The van der Waals surface area contributed by atoms with Crippen molar-refractivity contribution in [3.8, 4) is 0 Å². The van der Waals surface area contributed by atoms with Gasteiger partial charge in [0.1, 0.15) is 0 Å². The van der Waals surface area contributed by atoms with Crippen LogP contribution in [0.3, 0.4) is 0 Å². The summed E-state index contributed by atoms with van der Waals surface area (Å²) in [6.45, 7) is 6.61. The normalized spacial score (nSPS) is 16.5. The van der Waals surface area contributed by atoms with Crippen molar-refractivity contribution in [3.63, 3.8) is 0 Å². The van der Waals surface area contributed by atoms with Crippen molar-refractivity contribution in [2.75, 3.05) is 13.1 Å². The first-order valence-electron chi connectivity index (χ1n) is 6.89. The molecule has 0 aliphatic carbocycles. The Bertz CT molecular complexity index is 496. The highest BCUT2D eigenvalue weighted by Gasteiger charge is 2.17. The topological polar surface area (TPSA) is 15.3 Å².